The molecule has 1 unspecified atom stereocenters. The summed E-state index contributed by atoms with van der Waals surface area (Å²) in [5, 5.41) is 2.12. The summed E-state index contributed by atoms with van der Waals surface area (Å²) in [5.74, 6) is -0.446. The quantitative estimate of drug-likeness (QED) is 0.770. The van der Waals surface area contributed by atoms with Gasteiger partial charge in [-0.1, -0.05) is 42.5 Å². The monoisotopic (exact) mass is 390 g/mol. The van der Waals surface area contributed by atoms with Gasteiger partial charge in [-0.3, -0.25) is 4.79 Å². The molecule has 146 valence electrons. The molecule has 1 fully saturated rings. The molecule has 0 spiro atoms. The van der Waals surface area contributed by atoms with Crippen molar-refractivity contribution >= 4 is 27.0 Å². The summed E-state index contributed by atoms with van der Waals surface area (Å²) in [6.07, 6.45) is 0.977. The highest BCUT2D eigenvalue weighted by Crippen LogP contribution is 2.26. The second kappa shape index (κ2) is 8.37. The van der Waals surface area contributed by atoms with Crippen LogP contribution in [-0.2, 0) is 19.7 Å². The van der Waals surface area contributed by atoms with Crippen LogP contribution in [0.2, 0.25) is 0 Å². The molecule has 1 saturated heterocycles. The zero-order valence-corrected chi connectivity index (χ0v) is 16.5. The van der Waals surface area contributed by atoms with Gasteiger partial charge in [0, 0.05) is 19.1 Å². The lowest BCUT2D eigenvalue weighted by Gasteiger charge is -2.31. The molecule has 3 rings (SSSR count). The molecule has 1 aliphatic heterocycles. The molecule has 27 heavy (non-hydrogen) atoms. The first-order valence-electron chi connectivity index (χ1n) is 9.34. The van der Waals surface area contributed by atoms with Gasteiger partial charge in [-0.2, -0.15) is 17.4 Å². The number of ether oxygens (including phenoxy) is 1. The van der Waals surface area contributed by atoms with E-state index in [9.17, 15) is 13.2 Å². The fourth-order valence-electron chi connectivity index (χ4n) is 3.58. The van der Waals surface area contributed by atoms with Crippen molar-refractivity contribution in [1.29, 1.82) is 0 Å². The predicted octanol–water partition coefficient (Wildman–Crippen LogP) is 3.01. The topological polar surface area (TPSA) is 75.7 Å². The number of carbonyl (C=O) groups is 1. The predicted molar refractivity (Wildman–Crippen MR) is 105 cm³/mol. The molecule has 0 saturated carbocycles. The maximum absolute atomic E-state index is 12.8. The van der Waals surface area contributed by atoms with Crippen molar-refractivity contribution in [2.45, 2.75) is 32.7 Å². The molecule has 6 nitrogen and oxygen atoms in total. The van der Waals surface area contributed by atoms with Crippen LogP contribution in [-0.4, -0.2) is 38.4 Å². The van der Waals surface area contributed by atoms with Gasteiger partial charge in [0.1, 0.15) is 0 Å². The number of fused-ring (bicyclic) bond motifs is 1. The van der Waals surface area contributed by atoms with E-state index in [0.29, 0.717) is 32.5 Å². The Balaban J connectivity index is 1.69. The molecule has 0 bridgehead atoms. The maximum Gasteiger partial charge on any atom is 0.309 e. The molecular formula is C20H26N2O4S. The van der Waals surface area contributed by atoms with Crippen LogP contribution >= 0.6 is 0 Å². The van der Waals surface area contributed by atoms with Crippen LogP contribution in [0.25, 0.3) is 10.8 Å². The average molecular weight is 391 g/mol. The molecular weight excluding hydrogens is 364 g/mol. The van der Waals surface area contributed by atoms with Crippen molar-refractivity contribution in [3.8, 4) is 0 Å². The van der Waals surface area contributed by atoms with Gasteiger partial charge < -0.3 is 4.74 Å². The Bertz CT molecular complexity index is 900. The summed E-state index contributed by atoms with van der Waals surface area (Å²) in [6.45, 7) is 4.62. The first kappa shape index (κ1) is 19.8. The van der Waals surface area contributed by atoms with Crippen LogP contribution in [0.4, 0.5) is 0 Å². The maximum atomic E-state index is 12.8. The SMILES string of the molecule is CCOC(=O)C1CCN(S(=O)(=O)NC(C)c2cccc3ccccc23)CC1. The van der Waals surface area contributed by atoms with Gasteiger partial charge in [-0.05, 0) is 43.0 Å². The van der Waals surface area contributed by atoms with Crippen molar-refractivity contribution in [3.63, 3.8) is 0 Å². The van der Waals surface area contributed by atoms with Crippen LogP contribution in [0.5, 0.6) is 0 Å². The third-order valence-corrected chi connectivity index (χ3v) is 6.73. The lowest BCUT2D eigenvalue weighted by atomic mass is 9.98. The van der Waals surface area contributed by atoms with Gasteiger partial charge in [-0.15, -0.1) is 0 Å². The molecule has 1 atom stereocenters. The number of rotatable bonds is 6. The Morgan fingerprint density at radius 3 is 2.56 bits per heavy atom. The van der Waals surface area contributed by atoms with Gasteiger partial charge in [-0.25, -0.2) is 0 Å². The van der Waals surface area contributed by atoms with E-state index in [1.807, 2.05) is 49.4 Å². The summed E-state index contributed by atoms with van der Waals surface area (Å²) in [7, 11) is -3.63. The van der Waals surface area contributed by atoms with E-state index in [-0.39, 0.29) is 17.9 Å². The fourth-order valence-corrected chi connectivity index (χ4v) is 5.00. The van der Waals surface area contributed by atoms with E-state index in [1.165, 1.54) is 4.31 Å². The summed E-state index contributed by atoms with van der Waals surface area (Å²) in [6, 6.07) is 13.5. The number of hydrogen-bond acceptors (Lipinski definition) is 4. The molecule has 1 N–H and O–H groups in total. The fraction of sp³-hybridized carbons (Fsp3) is 0.450. The Morgan fingerprint density at radius 2 is 1.85 bits per heavy atom. The van der Waals surface area contributed by atoms with Crippen LogP contribution in [0.15, 0.2) is 42.5 Å². The molecule has 0 amide bonds. The second-order valence-electron chi connectivity index (χ2n) is 6.84. The minimum Gasteiger partial charge on any atom is -0.466 e. The molecule has 1 heterocycles. The zero-order chi connectivity index (χ0) is 19.4. The Hall–Kier alpha value is -1.96. The van der Waals surface area contributed by atoms with Crippen molar-refractivity contribution in [2.24, 2.45) is 5.92 Å². The van der Waals surface area contributed by atoms with E-state index in [1.54, 1.807) is 6.92 Å². The molecule has 0 aromatic heterocycles. The molecule has 7 heteroatoms. The van der Waals surface area contributed by atoms with E-state index in [2.05, 4.69) is 4.72 Å². The summed E-state index contributed by atoms with van der Waals surface area (Å²) < 4.78 is 34.9. The average Bonchev–Trinajstić information content (AvgIpc) is 2.67. The number of benzene rings is 2. The number of hydrogen-bond donors (Lipinski definition) is 1. The number of esters is 1. The summed E-state index contributed by atoms with van der Waals surface area (Å²) in [5.41, 5.74) is 0.943. The molecule has 2 aromatic rings. The van der Waals surface area contributed by atoms with E-state index in [0.717, 1.165) is 16.3 Å². The van der Waals surface area contributed by atoms with E-state index in [4.69, 9.17) is 4.74 Å². The van der Waals surface area contributed by atoms with Crippen molar-refractivity contribution in [1.82, 2.24) is 9.03 Å². The minimum atomic E-state index is -3.63. The molecule has 0 radical (unpaired) electrons. The van der Waals surface area contributed by atoms with Crippen molar-refractivity contribution in [2.75, 3.05) is 19.7 Å². The third-order valence-electron chi connectivity index (χ3n) is 5.03. The number of carbonyl (C=O) groups excluding carboxylic acids is 1. The Morgan fingerprint density at radius 1 is 1.19 bits per heavy atom. The lowest BCUT2D eigenvalue weighted by molar-refractivity contribution is -0.149. The molecule has 2 aromatic carbocycles. The second-order valence-corrected chi connectivity index (χ2v) is 8.54. The van der Waals surface area contributed by atoms with Gasteiger partial charge in [0.05, 0.1) is 12.5 Å². The smallest absolute Gasteiger partial charge is 0.309 e. The van der Waals surface area contributed by atoms with Crippen LogP contribution in [0.1, 0.15) is 38.3 Å². The normalized spacial score (nSPS) is 17.7. The standard InChI is InChI=1S/C20H26N2O4S/c1-3-26-20(23)17-11-13-22(14-12-17)27(24,25)21-15(2)18-10-6-8-16-7-4-5-9-19(16)18/h4-10,15,17,21H,3,11-14H2,1-2H3. The van der Waals surface area contributed by atoms with Crippen LogP contribution in [0, 0.1) is 5.92 Å². The summed E-state index contributed by atoms with van der Waals surface area (Å²) in [4.78, 5) is 11.8. The van der Waals surface area contributed by atoms with Crippen LogP contribution < -0.4 is 4.72 Å². The van der Waals surface area contributed by atoms with Crippen molar-refractivity contribution in [3.05, 3.63) is 48.0 Å². The highest BCUT2D eigenvalue weighted by atomic mass is 32.2. The highest BCUT2D eigenvalue weighted by molar-refractivity contribution is 7.87. The first-order valence-corrected chi connectivity index (χ1v) is 10.8. The largest absolute Gasteiger partial charge is 0.466 e. The van der Waals surface area contributed by atoms with Crippen LogP contribution in [0.3, 0.4) is 0 Å². The van der Waals surface area contributed by atoms with Crippen molar-refractivity contribution < 1.29 is 17.9 Å². The molecule has 1 aliphatic rings. The first-order chi connectivity index (χ1) is 12.9. The van der Waals surface area contributed by atoms with Gasteiger partial charge in [0.15, 0.2) is 0 Å². The number of piperidine rings is 1. The zero-order valence-electron chi connectivity index (χ0n) is 15.7. The Labute approximate surface area is 160 Å². The number of nitrogens with one attached hydrogen (secondary N) is 1. The Kier molecular flexibility index (Phi) is 6.14. The van der Waals surface area contributed by atoms with Gasteiger partial charge in [0.25, 0.3) is 10.2 Å². The highest BCUT2D eigenvalue weighted by Gasteiger charge is 2.32. The summed E-state index contributed by atoms with van der Waals surface area (Å²) >= 11 is 0. The molecule has 0 aliphatic carbocycles. The van der Waals surface area contributed by atoms with E-state index < -0.39 is 10.2 Å². The third kappa shape index (κ3) is 4.48. The van der Waals surface area contributed by atoms with E-state index >= 15 is 0 Å². The number of nitrogens with zero attached hydrogens (tertiary/aromatic N) is 1. The van der Waals surface area contributed by atoms with Gasteiger partial charge >= 0.3 is 5.97 Å². The van der Waals surface area contributed by atoms with Gasteiger partial charge in [0.2, 0.25) is 0 Å². The minimum absolute atomic E-state index is 0.216. The lowest BCUT2D eigenvalue weighted by Crippen LogP contribution is -2.46.